The van der Waals surface area contributed by atoms with E-state index in [4.69, 9.17) is 23.2 Å². The molecule has 0 spiro atoms. The van der Waals surface area contributed by atoms with Gasteiger partial charge in [0, 0.05) is 12.1 Å². The van der Waals surface area contributed by atoms with Gasteiger partial charge in [0.05, 0.1) is 5.02 Å². The zero-order valence-corrected chi connectivity index (χ0v) is 9.63. The molecule has 1 aromatic heterocycles. The van der Waals surface area contributed by atoms with Crippen LogP contribution < -0.4 is 0 Å². The molecule has 0 bridgehead atoms. The van der Waals surface area contributed by atoms with E-state index in [9.17, 15) is 4.39 Å². The number of benzene rings is 1. The molecule has 2 nitrogen and oxygen atoms in total. The normalized spacial score (nSPS) is 10.4. The second kappa shape index (κ2) is 4.76. The van der Waals surface area contributed by atoms with Crippen molar-refractivity contribution in [2.45, 2.75) is 6.42 Å². The van der Waals surface area contributed by atoms with Crippen LogP contribution in [-0.4, -0.2) is 9.97 Å². The number of halogens is 3. The molecule has 1 aromatic carbocycles. The molecule has 16 heavy (non-hydrogen) atoms. The van der Waals surface area contributed by atoms with Crippen LogP contribution in [0.15, 0.2) is 30.6 Å². The van der Waals surface area contributed by atoms with Crippen molar-refractivity contribution in [3.8, 4) is 0 Å². The Morgan fingerprint density at radius 1 is 1.19 bits per heavy atom. The fourth-order valence-corrected chi connectivity index (χ4v) is 1.71. The first-order valence-corrected chi connectivity index (χ1v) is 5.31. The Morgan fingerprint density at radius 2 is 2.00 bits per heavy atom. The van der Waals surface area contributed by atoms with Gasteiger partial charge in [-0.15, -0.1) is 0 Å². The molecule has 0 unspecified atom stereocenters. The van der Waals surface area contributed by atoms with Crippen molar-refractivity contribution in [2.24, 2.45) is 0 Å². The lowest BCUT2D eigenvalue weighted by Gasteiger charge is -2.03. The topological polar surface area (TPSA) is 25.8 Å². The molecule has 82 valence electrons. The second-order valence-electron chi connectivity index (χ2n) is 3.22. The Morgan fingerprint density at radius 3 is 2.75 bits per heavy atom. The molecule has 5 heteroatoms. The van der Waals surface area contributed by atoms with E-state index in [2.05, 4.69) is 9.97 Å². The Labute approximate surface area is 102 Å². The van der Waals surface area contributed by atoms with Crippen LogP contribution in [0.1, 0.15) is 11.3 Å². The summed E-state index contributed by atoms with van der Waals surface area (Å²) < 4.78 is 13.6. The highest BCUT2D eigenvalue weighted by Gasteiger charge is 2.07. The Kier molecular flexibility index (Phi) is 3.36. The van der Waals surface area contributed by atoms with Crippen LogP contribution in [0.2, 0.25) is 10.2 Å². The fourth-order valence-electron chi connectivity index (χ4n) is 1.35. The maximum absolute atomic E-state index is 13.6. The standard InChI is InChI=1S/C11H7Cl2FN2/c12-9-3-1-2-7(11(9)14)4-8-5-10(13)16-6-15-8/h1-3,5-6H,4H2. The van der Waals surface area contributed by atoms with Crippen LogP contribution in [-0.2, 0) is 6.42 Å². The average molecular weight is 257 g/mol. The average Bonchev–Trinajstić information content (AvgIpc) is 2.25. The summed E-state index contributed by atoms with van der Waals surface area (Å²) >= 11 is 11.4. The van der Waals surface area contributed by atoms with Crippen molar-refractivity contribution in [1.82, 2.24) is 9.97 Å². The van der Waals surface area contributed by atoms with Gasteiger partial charge in [-0.05, 0) is 17.7 Å². The van der Waals surface area contributed by atoms with E-state index in [0.29, 0.717) is 22.8 Å². The van der Waals surface area contributed by atoms with Gasteiger partial charge in [0.25, 0.3) is 0 Å². The van der Waals surface area contributed by atoms with Gasteiger partial charge in [-0.3, -0.25) is 0 Å². The van der Waals surface area contributed by atoms with E-state index in [0.717, 1.165) is 0 Å². The molecule has 0 radical (unpaired) electrons. The highest BCUT2D eigenvalue weighted by molar-refractivity contribution is 6.30. The molecular formula is C11H7Cl2FN2. The maximum atomic E-state index is 13.6. The zero-order valence-electron chi connectivity index (χ0n) is 8.12. The van der Waals surface area contributed by atoms with Gasteiger partial charge in [-0.2, -0.15) is 0 Å². The molecule has 0 atom stereocenters. The van der Waals surface area contributed by atoms with Crippen molar-refractivity contribution in [2.75, 3.05) is 0 Å². The lowest BCUT2D eigenvalue weighted by molar-refractivity contribution is 0.613. The minimum absolute atomic E-state index is 0.109. The Bertz CT molecular complexity index is 517. The summed E-state index contributed by atoms with van der Waals surface area (Å²) in [6.45, 7) is 0. The summed E-state index contributed by atoms with van der Waals surface area (Å²) in [6.07, 6.45) is 1.69. The predicted molar refractivity (Wildman–Crippen MR) is 61.3 cm³/mol. The van der Waals surface area contributed by atoms with Crippen LogP contribution >= 0.6 is 23.2 Å². The molecule has 0 fully saturated rings. The zero-order chi connectivity index (χ0) is 11.5. The molecule has 0 aliphatic rings. The summed E-state index contributed by atoms with van der Waals surface area (Å²) in [5, 5.41) is 0.449. The van der Waals surface area contributed by atoms with Gasteiger partial charge in [-0.1, -0.05) is 35.3 Å². The molecule has 1 heterocycles. The summed E-state index contributed by atoms with van der Waals surface area (Å²) in [4.78, 5) is 7.76. The highest BCUT2D eigenvalue weighted by atomic mass is 35.5. The first-order valence-electron chi connectivity index (χ1n) is 4.56. The molecule has 0 aliphatic heterocycles. The Hall–Kier alpha value is -1.19. The highest BCUT2D eigenvalue weighted by Crippen LogP contribution is 2.20. The van der Waals surface area contributed by atoms with Crippen LogP contribution in [0.25, 0.3) is 0 Å². The lowest BCUT2D eigenvalue weighted by Crippen LogP contribution is -1.96. The van der Waals surface area contributed by atoms with Gasteiger partial charge in [0.1, 0.15) is 17.3 Å². The number of aromatic nitrogens is 2. The first kappa shape index (κ1) is 11.3. The molecule has 0 saturated carbocycles. The first-order chi connectivity index (χ1) is 7.66. The second-order valence-corrected chi connectivity index (χ2v) is 4.02. The molecule has 0 N–H and O–H groups in total. The SMILES string of the molecule is Fc1c(Cl)cccc1Cc1cc(Cl)ncn1. The van der Waals surface area contributed by atoms with E-state index in [1.807, 2.05) is 0 Å². The monoisotopic (exact) mass is 256 g/mol. The summed E-state index contributed by atoms with van der Waals surface area (Å²) in [7, 11) is 0. The van der Waals surface area contributed by atoms with Gasteiger partial charge in [0.2, 0.25) is 0 Å². The van der Waals surface area contributed by atoms with Gasteiger partial charge in [-0.25, -0.2) is 14.4 Å². The molecule has 2 rings (SSSR count). The minimum atomic E-state index is -0.418. The Balaban J connectivity index is 2.31. The number of rotatable bonds is 2. The van der Waals surface area contributed by atoms with Gasteiger partial charge >= 0.3 is 0 Å². The fraction of sp³-hybridized carbons (Fsp3) is 0.0909. The molecule has 0 aliphatic carbocycles. The van der Waals surface area contributed by atoms with E-state index in [-0.39, 0.29) is 5.02 Å². The molecular weight excluding hydrogens is 250 g/mol. The smallest absolute Gasteiger partial charge is 0.145 e. The molecule has 0 amide bonds. The molecule has 0 saturated heterocycles. The number of hydrogen-bond donors (Lipinski definition) is 0. The number of hydrogen-bond acceptors (Lipinski definition) is 2. The van der Waals surface area contributed by atoms with E-state index in [1.165, 1.54) is 12.4 Å². The van der Waals surface area contributed by atoms with Crippen LogP contribution in [0.3, 0.4) is 0 Å². The van der Waals surface area contributed by atoms with E-state index in [1.54, 1.807) is 18.2 Å². The summed E-state index contributed by atoms with van der Waals surface area (Å²) in [5.74, 6) is -0.418. The van der Waals surface area contributed by atoms with Crippen molar-refractivity contribution in [1.29, 1.82) is 0 Å². The third kappa shape index (κ3) is 2.49. The van der Waals surface area contributed by atoms with Crippen molar-refractivity contribution < 1.29 is 4.39 Å². The van der Waals surface area contributed by atoms with Gasteiger partial charge < -0.3 is 0 Å². The van der Waals surface area contributed by atoms with Crippen molar-refractivity contribution >= 4 is 23.2 Å². The van der Waals surface area contributed by atoms with E-state index < -0.39 is 5.82 Å². The minimum Gasteiger partial charge on any atom is -0.241 e. The quantitative estimate of drug-likeness (QED) is 0.769. The van der Waals surface area contributed by atoms with Gasteiger partial charge in [0.15, 0.2) is 0 Å². The maximum Gasteiger partial charge on any atom is 0.145 e. The third-order valence-corrected chi connectivity index (χ3v) is 2.59. The van der Waals surface area contributed by atoms with Crippen molar-refractivity contribution in [3.63, 3.8) is 0 Å². The number of nitrogens with zero attached hydrogens (tertiary/aromatic N) is 2. The largest absolute Gasteiger partial charge is 0.241 e. The lowest BCUT2D eigenvalue weighted by atomic mass is 10.1. The molecule has 2 aromatic rings. The third-order valence-electron chi connectivity index (χ3n) is 2.09. The van der Waals surface area contributed by atoms with Crippen LogP contribution in [0.5, 0.6) is 0 Å². The van der Waals surface area contributed by atoms with E-state index >= 15 is 0 Å². The van der Waals surface area contributed by atoms with Crippen LogP contribution in [0.4, 0.5) is 4.39 Å². The van der Waals surface area contributed by atoms with Crippen molar-refractivity contribution in [3.05, 3.63) is 57.8 Å². The summed E-state index contributed by atoms with van der Waals surface area (Å²) in [5.41, 5.74) is 1.14. The van der Waals surface area contributed by atoms with Crippen LogP contribution in [0, 0.1) is 5.82 Å². The summed E-state index contributed by atoms with van der Waals surface area (Å²) in [6, 6.07) is 6.47. The predicted octanol–water partition coefficient (Wildman–Crippen LogP) is 3.51.